The molecule has 0 spiro atoms. The predicted octanol–water partition coefficient (Wildman–Crippen LogP) is 2.99. The fraction of sp³-hybridized carbons (Fsp3) is 0.412. The molecule has 1 fully saturated rings. The molecular weight excluding hydrogens is 354 g/mol. The van der Waals surface area contributed by atoms with E-state index in [-0.39, 0.29) is 0 Å². The first-order chi connectivity index (χ1) is 11.1. The van der Waals surface area contributed by atoms with Crippen LogP contribution < -0.4 is 10.2 Å². The average Bonchev–Trinajstić information content (AvgIpc) is 2.97. The molecule has 1 aromatic heterocycles. The van der Waals surface area contributed by atoms with Crippen molar-refractivity contribution in [3.8, 4) is 0 Å². The molecule has 1 unspecified atom stereocenters. The number of halogens is 1. The lowest BCUT2D eigenvalue weighted by atomic mass is 10.2. The third-order valence-electron chi connectivity index (χ3n) is 4.02. The zero-order chi connectivity index (χ0) is 16.2. The van der Waals surface area contributed by atoms with Crippen molar-refractivity contribution in [3.63, 3.8) is 0 Å². The van der Waals surface area contributed by atoms with Crippen LogP contribution in [0.4, 0.5) is 11.8 Å². The number of likely N-dealkylation sites (tertiary alicyclic amines) is 1. The Kier molecular flexibility index (Phi) is 5.13. The van der Waals surface area contributed by atoms with Crippen molar-refractivity contribution in [2.75, 3.05) is 37.4 Å². The molecule has 0 aliphatic carbocycles. The quantitative estimate of drug-likeness (QED) is 0.869. The molecule has 2 aromatic rings. The summed E-state index contributed by atoms with van der Waals surface area (Å²) in [5.74, 6) is 1.63. The molecule has 3 rings (SSSR count). The Morgan fingerprint density at radius 2 is 2.13 bits per heavy atom. The number of hydrogen-bond acceptors (Lipinski definition) is 5. The van der Waals surface area contributed by atoms with Gasteiger partial charge in [0.2, 0.25) is 5.95 Å². The Balaban J connectivity index is 1.58. The summed E-state index contributed by atoms with van der Waals surface area (Å²) < 4.78 is 1.18. The molecular formula is C17H22BrN5. The summed E-state index contributed by atoms with van der Waals surface area (Å²) in [5, 5.41) is 3.54. The zero-order valence-electron chi connectivity index (χ0n) is 13.5. The smallest absolute Gasteiger partial charge is 0.226 e. The lowest BCUT2D eigenvalue weighted by Gasteiger charge is -2.18. The van der Waals surface area contributed by atoms with E-state index in [1.165, 1.54) is 10.0 Å². The van der Waals surface area contributed by atoms with Crippen LogP contribution in [0.25, 0.3) is 0 Å². The maximum atomic E-state index is 4.54. The van der Waals surface area contributed by atoms with Crippen LogP contribution >= 0.6 is 15.9 Å². The summed E-state index contributed by atoms with van der Waals surface area (Å²) >= 11 is 3.63. The topological polar surface area (TPSA) is 44.3 Å². The van der Waals surface area contributed by atoms with Gasteiger partial charge in [0.05, 0.1) is 0 Å². The van der Waals surface area contributed by atoms with Crippen LogP contribution in [0.2, 0.25) is 0 Å². The Morgan fingerprint density at radius 1 is 1.30 bits per heavy atom. The van der Waals surface area contributed by atoms with Gasteiger partial charge in [0.15, 0.2) is 0 Å². The van der Waals surface area contributed by atoms with Crippen LogP contribution in [0, 0.1) is 0 Å². The van der Waals surface area contributed by atoms with Gasteiger partial charge < -0.3 is 10.2 Å². The molecule has 2 heterocycles. The van der Waals surface area contributed by atoms with E-state index >= 15 is 0 Å². The SMILES string of the molecule is CN(C)c1nccc(NC2CCN(Cc3ccccc3Br)C2)n1. The summed E-state index contributed by atoms with van der Waals surface area (Å²) in [6.45, 7) is 3.11. The highest BCUT2D eigenvalue weighted by atomic mass is 79.9. The lowest BCUT2D eigenvalue weighted by molar-refractivity contribution is 0.328. The summed E-state index contributed by atoms with van der Waals surface area (Å²) in [7, 11) is 3.91. The Labute approximate surface area is 145 Å². The van der Waals surface area contributed by atoms with Crippen molar-refractivity contribution in [3.05, 3.63) is 46.6 Å². The van der Waals surface area contributed by atoms with Gasteiger partial charge in [0.25, 0.3) is 0 Å². The third-order valence-corrected chi connectivity index (χ3v) is 4.79. The molecule has 1 saturated heterocycles. The van der Waals surface area contributed by atoms with Crippen LogP contribution in [0.3, 0.4) is 0 Å². The van der Waals surface area contributed by atoms with Gasteiger partial charge in [-0.15, -0.1) is 0 Å². The van der Waals surface area contributed by atoms with Crippen molar-refractivity contribution < 1.29 is 0 Å². The van der Waals surface area contributed by atoms with Crippen molar-refractivity contribution in [2.24, 2.45) is 0 Å². The van der Waals surface area contributed by atoms with Gasteiger partial charge in [0, 0.05) is 50.4 Å². The van der Waals surface area contributed by atoms with Gasteiger partial charge in [-0.25, -0.2) is 4.98 Å². The number of aromatic nitrogens is 2. The number of hydrogen-bond donors (Lipinski definition) is 1. The minimum atomic E-state index is 0.433. The molecule has 0 amide bonds. The second-order valence-corrected chi connectivity index (χ2v) is 6.95. The molecule has 6 heteroatoms. The van der Waals surface area contributed by atoms with E-state index < -0.39 is 0 Å². The van der Waals surface area contributed by atoms with Gasteiger partial charge >= 0.3 is 0 Å². The molecule has 1 aromatic carbocycles. The minimum absolute atomic E-state index is 0.433. The number of anilines is 2. The van der Waals surface area contributed by atoms with E-state index in [0.717, 1.165) is 37.8 Å². The van der Waals surface area contributed by atoms with E-state index in [1.807, 2.05) is 25.1 Å². The maximum absolute atomic E-state index is 4.54. The summed E-state index contributed by atoms with van der Waals surface area (Å²) in [4.78, 5) is 13.2. The van der Waals surface area contributed by atoms with Gasteiger partial charge in [-0.2, -0.15) is 4.98 Å². The normalized spacial score (nSPS) is 18.1. The van der Waals surface area contributed by atoms with Crippen LogP contribution in [-0.4, -0.2) is 48.1 Å². The van der Waals surface area contributed by atoms with Gasteiger partial charge in [-0.1, -0.05) is 34.1 Å². The van der Waals surface area contributed by atoms with Crippen molar-refractivity contribution in [1.82, 2.24) is 14.9 Å². The molecule has 1 aliphatic heterocycles. The molecule has 1 N–H and O–H groups in total. The summed E-state index contributed by atoms with van der Waals surface area (Å²) in [5.41, 5.74) is 1.34. The van der Waals surface area contributed by atoms with E-state index in [1.54, 1.807) is 6.20 Å². The fourth-order valence-electron chi connectivity index (χ4n) is 2.82. The summed E-state index contributed by atoms with van der Waals surface area (Å²) in [6.07, 6.45) is 2.93. The lowest BCUT2D eigenvalue weighted by Crippen LogP contribution is -2.26. The Bertz CT molecular complexity index is 661. The Morgan fingerprint density at radius 3 is 2.91 bits per heavy atom. The monoisotopic (exact) mass is 375 g/mol. The van der Waals surface area contributed by atoms with Crippen molar-refractivity contribution in [1.29, 1.82) is 0 Å². The molecule has 0 radical (unpaired) electrons. The minimum Gasteiger partial charge on any atom is -0.366 e. The molecule has 1 atom stereocenters. The van der Waals surface area contributed by atoms with Crippen LogP contribution in [0.1, 0.15) is 12.0 Å². The highest BCUT2D eigenvalue weighted by Gasteiger charge is 2.23. The standard InChI is InChI=1S/C17H22BrN5/c1-22(2)17-19-9-7-16(21-17)20-14-8-10-23(12-14)11-13-5-3-4-6-15(13)18/h3-7,9,14H,8,10-12H2,1-2H3,(H,19,20,21). The van der Waals surface area contributed by atoms with Gasteiger partial charge in [0.1, 0.15) is 5.82 Å². The number of nitrogens with zero attached hydrogens (tertiary/aromatic N) is 4. The first-order valence-corrected chi connectivity index (χ1v) is 8.64. The molecule has 5 nitrogen and oxygen atoms in total. The molecule has 0 saturated carbocycles. The number of nitrogens with one attached hydrogen (secondary N) is 1. The molecule has 0 bridgehead atoms. The second-order valence-electron chi connectivity index (χ2n) is 6.09. The first kappa shape index (κ1) is 16.2. The zero-order valence-corrected chi connectivity index (χ0v) is 15.1. The first-order valence-electron chi connectivity index (χ1n) is 7.84. The predicted molar refractivity (Wildman–Crippen MR) is 97.8 cm³/mol. The van der Waals surface area contributed by atoms with Crippen molar-refractivity contribution in [2.45, 2.75) is 19.0 Å². The molecule has 1 aliphatic rings. The Hall–Kier alpha value is -1.66. The molecule has 23 heavy (non-hydrogen) atoms. The van der Waals surface area contributed by atoms with Gasteiger partial charge in [-0.05, 0) is 24.1 Å². The van der Waals surface area contributed by atoms with E-state index in [9.17, 15) is 0 Å². The fourth-order valence-corrected chi connectivity index (χ4v) is 3.23. The van der Waals surface area contributed by atoms with Crippen molar-refractivity contribution >= 4 is 27.7 Å². The number of rotatable bonds is 5. The third kappa shape index (κ3) is 4.20. The van der Waals surface area contributed by atoms with Gasteiger partial charge in [-0.3, -0.25) is 4.90 Å². The highest BCUT2D eigenvalue weighted by molar-refractivity contribution is 9.10. The van der Waals surface area contributed by atoms with Crippen LogP contribution in [0.5, 0.6) is 0 Å². The average molecular weight is 376 g/mol. The molecule has 122 valence electrons. The summed E-state index contributed by atoms with van der Waals surface area (Å²) in [6, 6.07) is 10.8. The second kappa shape index (κ2) is 7.27. The number of benzene rings is 1. The highest BCUT2D eigenvalue weighted by Crippen LogP contribution is 2.21. The van der Waals surface area contributed by atoms with Crippen LogP contribution in [-0.2, 0) is 6.54 Å². The van der Waals surface area contributed by atoms with E-state index in [0.29, 0.717) is 6.04 Å². The largest absolute Gasteiger partial charge is 0.366 e. The van der Waals surface area contributed by atoms with Crippen LogP contribution in [0.15, 0.2) is 41.0 Å². The van der Waals surface area contributed by atoms with E-state index in [2.05, 4.69) is 60.4 Å². The maximum Gasteiger partial charge on any atom is 0.226 e. The van der Waals surface area contributed by atoms with E-state index in [4.69, 9.17) is 0 Å².